The minimum absolute atomic E-state index is 0.0376. The molecular weight excluding hydrogens is 624 g/mol. The van der Waals surface area contributed by atoms with E-state index in [-0.39, 0.29) is 41.2 Å². The van der Waals surface area contributed by atoms with Gasteiger partial charge in [-0.3, -0.25) is 14.5 Å². The highest BCUT2D eigenvalue weighted by Crippen LogP contribution is 2.31. The first-order valence-electron chi connectivity index (χ1n) is 16.0. The van der Waals surface area contributed by atoms with Gasteiger partial charge in [-0.1, -0.05) is 42.3 Å². The fraction of sp³-hybridized carbons (Fsp3) is 0.486. The van der Waals surface area contributed by atoms with Crippen molar-refractivity contribution in [2.75, 3.05) is 27.2 Å². The van der Waals surface area contributed by atoms with Gasteiger partial charge >= 0.3 is 12.0 Å². The predicted molar refractivity (Wildman–Crippen MR) is 181 cm³/mol. The van der Waals surface area contributed by atoms with Gasteiger partial charge in [0.05, 0.1) is 29.2 Å². The second kappa shape index (κ2) is 17.8. The summed E-state index contributed by atoms with van der Waals surface area (Å²) in [6.45, 7) is 8.47. The summed E-state index contributed by atoms with van der Waals surface area (Å²) >= 11 is 6.16. The summed E-state index contributed by atoms with van der Waals surface area (Å²) in [4.78, 5) is 55.9. The van der Waals surface area contributed by atoms with Crippen LogP contribution >= 0.6 is 11.6 Å². The van der Waals surface area contributed by atoms with E-state index in [0.29, 0.717) is 37.3 Å². The zero-order valence-corrected chi connectivity index (χ0v) is 28.9. The van der Waals surface area contributed by atoms with Crippen LogP contribution in [0.3, 0.4) is 0 Å². The van der Waals surface area contributed by atoms with Crippen molar-refractivity contribution in [1.82, 2.24) is 20.4 Å². The Labute approximate surface area is 282 Å². The van der Waals surface area contributed by atoms with Crippen LogP contribution in [0.4, 0.5) is 4.79 Å². The lowest BCUT2D eigenvalue weighted by Gasteiger charge is -2.25. The van der Waals surface area contributed by atoms with E-state index < -0.39 is 30.1 Å². The fourth-order valence-electron chi connectivity index (χ4n) is 5.36. The summed E-state index contributed by atoms with van der Waals surface area (Å²) in [7, 11) is 3.56. The van der Waals surface area contributed by atoms with Gasteiger partial charge in [-0.05, 0) is 96.3 Å². The molecule has 2 aliphatic rings. The van der Waals surface area contributed by atoms with Gasteiger partial charge in [-0.2, -0.15) is 0 Å². The Balaban J connectivity index is 1.79. The molecule has 1 aromatic carbocycles. The summed E-state index contributed by atoms with van der Waals surface area (Å²) in [5.74, 6) is -2.02. The number of phenolic OH excluding ortho intramolecular Hbond substituents is 1. The molecule has 1 aliphatic heterocycles. The maximum Gasteiger partial charge on any atom is 0.335 e. The van der Waals surface area contributed by atoms with E-state index in [2.05, 4.69) is 10.6 Å². The number of halogens is 1. The number of carbonyl (C=O) groups excluding carboxylic acids is 4. The number of amides is 4. The van der Waals surface area contributed by atoms with E-state index in [9.17, 15) is 24.3 Å². The van der Waals surface area contributed by atoms with Gasteiger partial charge in [0, 0.05) is 25.0 Å². The summed E-state index contributed by atoms with van der Waals surface area (Å²) in [5, 5.41) is 16.0. The van der Waals surface area contributed by atoms with E-state index in [1.165, 1.54) is 28.0 Å². The molecule has 3 rings (SSSR count). The molecule has 0 saturated heterocycles. The van der Waals surface area contributed by atoms with Crippen molar-refractivity contribution in [2.45, 2.75) is 84.5 Å². The highest BCUT2D eigenvalue weighted by atomic mass is 35.5. The molecule has 1 aromatic rings. The van der Waals surface area contributed by atoms with Gasteiger partial charge in [-0.15, -0.1) is 0 Å². The number of likely N-dealkylation sites (N-methyl/N-ethyl adjacent to an activating group) is 1. The predicted octanol–water partition coefficient (Wildman–Crippen LogP) is 5.61. The minimum Gasteiger partial charge on any atom is -0.507 e. The van der Waals surface area contributed by atoms with E-state index in [4.69, 9.17) is 21.1 Å². The molecule has 12 heteroatoms. The molecule has 4 amide bonds. The Kier molecular flexibility index (Phi) is 14.2. The third kappa shape index (κ3) is 10.3. The van der Waals surface area contributed by atoms with Crippen molar-refractivity contribution >= 4 is 35.4 Å². The summed E-state index contributed by atoms with van der Waals surface area (Å²) in [5.41, 5.74) is 2.61. The quantitative estimate of drug-likeness (QED) is 0.132. The van der Waals surface area contributed by atoms with Crippen molar-refractivity contribution < 1.29 is 33.8 Å². The summed E-state index contributed by atoms with van der Waals surface area (Å²) in [6.07, 6.45) is 9.65. The van der Waals surface area contributed by atoms with Crippen molar-refractivity contribution in [2.24, 2.45) is 0 Å². The first kappa shape index (κ1) is 37.5. The molecule has 1 aliphatic carbocycles. The van der Waals surface area contributed by atoms with Crippen LogP contribution in [0.15, 0.2) is 65.0 Å². The average molecular weight is 671 g/mol. The number of nitrogens with zero attached hydrogens (tertiary/aromatic N) is 2. The smallest absolute Gasteiger partial charge is 0.335 e. The van der Waals surface area contributed by atoms with Crippen molar-refractivity contribution in [3.8, 4) is 5.75 Å². The van der Waals surface area contributed by atoms with E-state index in [1.54, 1.807) is 40.0 Å². The number of hydrogen-bond acceptors (Lipinski definition) is 8. The molecule has 47 heavy (non-hydrogen) atoms. The van der Waals surface area contributed by atoms with Crippen LogP contribution in [-0.2, 0) is 19.1 Å². The second-order valence-electron chi connectivity index (χ2n) is 11.8. The Bertz CT molecular complexity index is 1430. The largest absolute Gasteiger partial charge is 0.507 e. The van der Waals surface area contributed by atoms with Crippen LogP contribution in [0.25, 0.3) is 0 Å². The number of urea groups is 1. The Morgan fingerprint density at radius 3 is 2.62 bits per heavy atom. The van der Waals surface area contributed by atoms with Crippen LogP contribution in [0.1, 0.15) is 76.6 Å². The lowest BCUT2D eigenvalue weighted by Crippen LogP contribution is -2.43. The number of aromatic hydroxyl groups is 1. The zero-order valence-electron chi connectivity index (χ0n) is 28.1. The number of nitrogens with one attached hydrogen (secondary N) is 2. The molecule has 0 spiro atoms. The number of imide groups is 1. The number of phenols is 1. The van der Waals surface area contributed by atoms with Gasteiger partial charge in [0.2, 0.25) is 5.91 Å². The molecule has 0 saturated carbocycles. The fourth-order valence-corrected chi connectivity index (χ4v) is 5.61. The van der Waals surface area contributed by atoms with Gasteiger partial charge in [-0.25, -0.2) is 14.5 Å². The molecule has 2 atom stereocenters. The Hall–Kier alpha value is -3.93. The second-order valence-corrected chi connectivity index (χ2v) is 12.2. The highest BCUT2D eigenvalue weighted by molar-refractivity contribution is 6.34. The maximum absolute atomic E-state index is 13.6. The van der Waals surface area contributed by atoms with Crippen LogP contribution in [0.5, 0.6) is 5.75 Å². The molecule has 0 fully saturated rings. The maximum atomic E-state index is 13.6. The molecule has 2 unspecified atom stereocenters. The SMILES string of the molecule is CC/C(=C\C=C(/C)N1C(=O)CC2=C(C=CC(OCCCNC)CC2)N(C)C1=O)CC(NC(=O)c1c(O)cccc1Cl)C(=O)OC(C)C. The third-order valence-corrected chi connectivity index (χ3v) is 8.23. The molecule has 1 heterocycles. The highest BCUT2D eigenvalue weighted by Gasteiger charge is 2.34. The van der Waals surface area contributed by atoms with Crippen LogP contribution in [0.2, 0.25) is 5.02 Å². The van der Waals surface area contributed by atoms with E-state index in [0.717, 1.165) is 24.1 Å². The number of allylic oxidation sites excluding steroid dienone is 4. The first-order valence-corrected chi connectivity index (χ1v) is 16.4. The van der Waals surface area contributed by atoms with Crippen LogP contribution in [0, 0.1) is 0 Å². The molecule has 0 aromatic heterocycles. The number of carbonyl (C=O) groups is 4. The van der Waals surface area contributed by atoms with Gasteiger partial charge in [0.25, 0.3) is 5.91 Å². The third-order valence-electron chi connectivity index (χ3n) is 7.91. The van der Waals surface area contributed by atoms with E-state index >= 15 is 0 Å². The Morgan fingerprint density at radius 1 is 1.21 bits per heavy atom. The zero-order chi connectivity index (χ0) is 34.7. The van der Waals surface area contributed by atoms with Crippen molar-refractivity contribution in [3.63, 3.8) is 0 Å². The lowest BCUT2D eigenvalue weighted by atomic mass is 10.0. The topological polar surface area (TPSA) is 138 Å². The average Bonchev–Trinajstić information content (AvgIpc) is 3.26. The number of benzene rings is 1. The van der Waals surface area contributed by atoms with E-state index in [1.807, 2.05) is 26.1 Å². The number of ether oxygens (including phenoxy) is 2. The molecular formula is C35H47ClN4O7. The molecule has 3 N–H and O–H groups in total. The summed E-state index contributed by atoms with van der Waals surface area (Å²) < 4.78 is 11.4. The molecule has 11 nitrogen and oxygen atoms in total. The van der Waals surface area contributed by atoms with Gasteiger partial charge < -0.3 is 25.2 Å². The van der Waals surface area contributed by atoms with Crippen LogP contribution < -0.4 is 10.6 Å². The first-order chi connectivity index (χ1) is 22.4. The molecule has 0 radical (unpaired) electrons. The van der Waals surface area contributed by atoms with Crippen molar-refractivity contribution in [1.29, 1.82) is 0 Å². The number of hydrogen-bond donors (Lipinski definition) is 3. The molecule has 0 bridgehead atoms. The Morgan fingerprint density at radius 2 is 1.96 bits per heavy atom. The lowest BCUT2D eigenvalue weighted by molar-refractivity contribution is -0.149. The van der Waals surface area contributed by atoms with Gasteiger partial charge in [0.15, 0.2) is 0 Å². The summed E-state index contributed by atoms with van der Waals surface area (Å²) in [6, 6.07) is 2.75. The number of esters is 1. The van der Waals surface area contributed by atoms with Gasteiger partial charge in [0.1, 0.15) is 11.8 Å². The van der Waals surface area contributed by atoms with Crippen LogP contribution in [-0.4, -0.2) is 84.2 Å². The normalized spacial score (nSPS) is 18.3. The van der Waals surface area contributed by atoms with Crippen molar-refractivity contribution in [3.05, 3.63) is 75.6 Å². The number of rotatable bonds is 14. The monoisotopic (exact) mass is 670 g/mol. The standard InChI is InChI=1S/C35H47ClN4O7/c1-7-24(20-28(34(44)47-22(2)3)38-33(43)32-27(36)10-8-11-30(32)41)13-12-23(4)40-31(42)21-25-14-15-26(46-19-9-18-37-5)16-17-29(25)39(6)35(40)45/h8,10-13,16-17,22,26,28,37,41H,7,9,14-15,18-21H2,1-6H3,(H,38,43)/b23-12+,24-13+. The minimum atomic E-state index is -1.09. The molecule has 256 valence electrons.